The van der Waals surface area contributed by atoms with Gasteiger partial charge in [-0.15, -0.1) is 11.3 Å². The molecule has 7 heteroatoms. The highest BCUT2D eigenvalue weighted by atomic mass is 35.5. The molecule has 0 aliphatic carbocycles. The number of nitrogens with zero attached hydrogens (tertiary/aromatic N) is 3. The standard InChI is InChI=1S/C16H12ClN3O2S/c17-12-4-1-3-10(7-12)16(21)20-8-11(9-20)15-18-14(19-22-15)13-5-2-6-23-13/h1-7,11H,8-9H2. The molecule has 2 aromatic heterocycles. The molecule has 1 aromatic carbocycles. The van der Waals surface area contributed by atoms with E-state index in [-0.39, 0.29) is 11.8 Å². The van der Waals surface area contributed by atoms with Gasteiger partial charge in [0.05, 0.1) is 10.8 Å². The number of likely N-dealkylation sites (tertiary alicyclic amines) is 1. The van der Waals surface area contributed by atoms with Crippen molar-refractivity contribution in [3.05, 3.63) is 58.3 Å². The van der Waals surface area contributed by atoms with Crippen LogP contribution in [0.3, 0.4) is 0 Å². The zero-order valence-electron chi connectivity index (χ0n) is 12.0. The Morgan fingerprint density at radius 1 is 1.30 bits per heavy atom. The summed E-state index contributed by atoms with van der Waals surface area (Å²) in [7, 11) is 0. The third-order valence-electron chi connectivity index (χ3n) is 3.77. The Hall–Kier alpha value is -2.18. The molecule has 0 unspecified atom stereocenters. The fourth-order valence-electron chi connectivity index (χ4n) is 2.51. The summed E-state index contributed by atoms with van der Waals surface area (Å²) in [5.74, 6) is 1.26. The lowest BCUT2D eigenvalue weighted by Crippen LogP contribution is -2.48. The zero-order chi connectivity index (χ0) is 15.8. The van der Waals surface area contributed by atoms with Crippen molar-refractivity contribution in [2.45, 2.75) is 5.92 Å². The summed E-state index contributed by atoms with van der Waals surface area (Å²) in [4.78, 5) is 19.5. The third-order valence-corrected chi connectivity index (χ3v) is 4.87. The maximum Gasteiger partial charge on any atom is 0.253 e. The first-order chi connectivity index (χ1) is 11.2. The van der Waals surface area contributed by atoms with Gasteiger partial charge in [-0.3, -0.25) is 4.79 Å². The maximum atomic E-state index is 12.4. The molecule has 0 saturated carbocycles. The molecule has 4 rings (SSSR count). The highest BCUT2D eigenvalue weighted by Gasteiger charge is 2.36. The third kappa shape index (κ3) is 2.75. The molecule has 1 fully saturated rings. The number of halogens is 1. The average molecular weight is 346 g/mol. The van der Waals surface area contributed by atoms with Crippen molar-refractivity contribution in [2.75, 3.05) is 13.1 Å². The fraction of sp³-hybridized carbons (Fsp3) is 0.188. The van der Waals surface area contributed by atoms with Gasteiger partial charge in [0.25, 0.3) is 5.91 Å². The highest BCUT2D eigenvalue weighted by Crippen LogP contribution is 2.30. The second kappa shape index (κ2) is 5.79. The van der Waals surface area contributed by atoms with E-state index in [1.165, 1.54) is 0 Å². The smallest absolute Gasteiger partial charge is 0.253 e. The van der Waals surface area contributed by atoms with Crippen LogP contribution in [0.25, 0.3) is 10.7 Å². The van der Waals surface area contributed by atoms with E-state index in [0.717, 1.165) is 4.88 Å². The molecule has 3 heterocycles. The Kier molecular flexibility index (Phi) is 3.63. The van der Waals surface area contributed by atoms with Crippen molar-refractivity contribution < 1.29 is 9.32 Å². The molecular weight excluding hydrogens is 334 g/mol. The van der Waals surface area contributed by atoms with E-state index in [9.17, 15) is 4.79 Å². The van der Waals surface area contributed by atoms with E-state index in [4.69, 9.17) is 16.1 Å². The van der Waals surface area contributed by atoms with Crippen molar-refractivity contribution in [1.29, 1.82) is 0 Å². The summed E-state index contributed by atoms with van der Waals surface area (Å²) in [6.45, 7) is 1.16. The molecule has 0 radical (unpaired) electrons. The van der Waals surface area contributed by atoms with E-state index in [2.05, 4.69) is 10.1 Å². The number of rotatable bonds is 3. The number of hydrogen-bond acceptors (Lipinski definition) is 5. The Morgan fingerprint density at radius 2 is 2.17 bits per heavy atom. The summed E-state index contributed by atoms with van der Waals surface area (Å²) >= 11 is 7.50. The van der Waals surface area contributed by atoms with Gasteiger partial charge >= 0.3 is 0 Å². The molecule has 0 N–H and O–H groups in total. The minimum absolute atomic E-state index is 0.0262. The van der Waals surface area contributed by atoms with E-state index < -0.39 is 0 Å². The lowest BCUT2D eigenvalue weighted by atomic mass is 9.99. The SMILES string of the molecule is O=C(c1cccc(Cl)c1)N1CC(c2nc(-c3cccs3)no2)C1. The number of hydrogen-bond donors (Lipinski definition) is 0. The van der Waals surface area contributed by atoms with Gasteiger partial charge in [0.2, 0.25) is 11.7 Å². The van der Waals surface area contributed by atoms with Crippen molar-refractivity contribution >= 4 is 28.8 Å². The molecule has 1 aliphatic heterocycles. The second-order valence-electron chi connectivity index (χ2n) is 5.35. The zero-order valence-corrected chi connectivity index (χ0v) is 13.5. The van der Waals surface area contributed by atoms with Crippen molar-refractivity contribution in [3.63, 3.8) is 0 Å². The second-order valence-corrected chi connectivity index (χ2v) is 6.74. The summed E-state index contributed by atoms with van der Waals surface area (Å²) < 4.78 is 5.33. The number of aromatic nitrogens is 2. The Morgan fingerprint density at radius 3 is 2.91 bits per heavy atom. The quantitative estimate of drug-likeness (QED) is 0.726. The van der Waals surface area contributed by atoms with Crippen LogP contribution in [0.4, 0.5) is 0 Å². The molecule has 5 nitrogen and oxygen atoms in total. The molecule has 0 atom stereocenters. The van der Waals surface area contributed by atoms with Gasteiger partial charge in [0.1, 0.15) is 0 Å². The summed E-state index contributed by atoms with van der Waals surface area (Å²) in [5.41, 5.74) is 0.598. The molecule has 1 amide bonds. The molecule has 3 aromatic rings. The first-order valence-electron chi connectivity index (χ1n) is 7.13. The van der Waals surface area contributed by atoms with Gasteiger partial charge in [0, 0.05) is 23.7 Å². The van der Waals surface area contributed by atoms with Crippen LogP contribution in [0.1, 0.15) is 22.2 Å². The summed E-state index contributed by atoms with van der Waals surface area (Å²) in [6, 6.07) is 10.9. The summed E-state index contributed by atoms with van der Waals surface area (Å²) in [5, 5.41) is 6.54. The first-order valence-corrected chi connectivity index (χ1v) is 8.39. The van der Waals surface area contributed by atoms with E-state index in [0.29, 0.717) is 35.4 Å². The monoisotopic (exact) mass is 345 g/mol. The highest BCUT2D eigenvalue weighted by molar-refractivity contribution is 7.13. The minimum Gasteiger partial charge on any atom is -0.339 e. The van der Waals surface area contributed by atoms with E-state index >= 15 is 0 Å². The van der Waals surface area contributed by atoms with Crippen molar-refractivity contribution in [2.24, 2.45) is 0 Å². The van der Waals surface area contributed by atoms with Crippen LogP contribution in [0.5, 0.6) is 0 Å². The van der Waals surface area contributed by atoms with Gasteiger partial charge in [-0.2, -0.15) is 4.98 Å². The normalized spacial score (nSPS) is 14.7. The summed E-state index contributed by atoms with van der Waals surface area (Å²) in [6.07, 6.45) is 0. The van der Waals surface area contributed by atoms with Gasteiger partial charge in [0.15, 0.2) is 0 Å². The molecule has 23 heavy (non-hydrogen) atoms. The molecular formula is C16H12ClN3O2S. The predicted molar refractivity (Wildman–Crippen MR) is 87.7 cm³/mol. The predicted octanol–water partition coefficient (Wildman–Crippen LogP) is 3.69. The molecule has 0 bridgehead atoms. The molecule has 116 valence electrons. The van der Waals surface area contributed by atoms with Crippen LogP contribution in [0, 0.1) is 0 Å². The van der Waals surface area contributed by atoms with Crippen LogP contribution < -0.4 is 0 Å². The van der Waals surface area contributed by atoms with Crippen LogP contribution in [0.2, 0.25) is 5.02 Å². The fourth-order valence-corrected chi connectivity index (χ4v) is 3.35. The Labute approximate surface area is 141 Å². The number of carbonyl (C=O) groups is 1. The van der Waals surface area contributed by atoms with Crippen molar-refractivity contribution in [3.8, 4) is 10.7 Å². The maximum absolute atomic E-state index is 12.4. The molecule has 1 saturated heterocycles. The number of carbonyl (C=O) groups excluding carboxylic acids is 1. The Balaban J connectivity index is 1.43. The minimum atomic E-state index is -0.0262. The van der Waals surface area contributed by atoms with Crippen molar-refractivity contribution in [1.82, 2.24) is 15.0 Å². The lowest BCUT2D eigenvalue weighted by Gasteiger charge is -2.37. The van der Waals surface area contributed by atoms with Gasteiger partial charge in [-0.1, -0.05) is 28.9 Å². The van der Waals surface area contributed by atoms with Gasteiger partial charge in [-0.25, -0.2) is 0 Å². The average Bonchev–Trinajstić information content (AvgIpc) is 3.16. The van der Waals surface area contributed by atoms with E-state index in [1.807, 2.05) is 17.5 Å². The number of benzene rings is 1. The van der Waals surface area contributed by atoms with Crippen LogP contribution in [-0.4, -0.2) is 34.0 Å². The van der Waals surface area contributed by atoms with Crippen LogP contribution in [0.15, 0.2) is 46.3 Å². The number of thiophene rings is 1. The Bertz CT molecular complexity index is 841. The molecule has 1 aliphatic rings. The van der Waals surface area contributed by atoms with E-state index in [1.54, 1.807) is 40.5 Å². The first kappa shape index (κ1) is 14.4. The molecule has 0 spiro atoms. The van der Waals surface area contributed by atoms with Gasteiger partial charge in [-0.05, 0) is 29.6 Å². The van der Waals surface area contributed by atoms with Crippen LogP contribution in [-0.2, 0) is 0 Å². The van der Waals surface area contributed by atoms with Crippen LogP contribution >= 0.6 is 22.9 Å². The number of amides is 1. The largest absolute Gasteiger partial charge is 0.339 e. The lowest BCUT2D eigenvalue weighted by molar-refractivity contribution is 0.0569. The topological polar surface area (TPSA) is 59.2 Å². The van der Waals surface area contributed by atoms with Gasteiger partial charge < -0.3 is 9.42 Å².